The van der Waals surface area contributed by atoms with Crippen LogP contribution in [0.5, 0.6) is 5.75 Å². The number of ketones is 1. The highest BCUT2D eigenvalue weighted by atomic mass is 33.1. The molecule has 1 amide bonds. The summed E-state index contributed by atoms with van der Waals surface area (Å²) in [5.41, 5.74) is 7.53. The second-order valence-electron chi connectivity index (χ2n) is 15.9. The number of rotatable bonds is 5. The molecule has 2 fully saturated rings. The van der Waals surface area contributed by atoms with Crippen molar-refractivity contribution in [2.24, 2.45) is 11.8 Å². The second kappa shape index (κ2) is 13.9. The van der Waals surface area contributed by atoms with Gasteiger partial charge in [0.2, 0.25) is 5.91 Å². The second-order valence-corrected chi connectivity index (χ2v) is 18.5. The molecule has 3 aliphatic heterocycles. The van der Waals surface area contributed by atoms with Gasteiger partial charge in [0.15, 0.2) is 17.0 Å². The first kappa shape index (κ1) is 37.2. The van der Waals surface area contributed by atoms with Crippen LogP contribution in [-0.2, 0) is 32.0 Å². The Kier molecular flexibility index (Phi) is 9.26. The number of fused-ring (bicyclic) bond motifs is 8. The zero-order valence-electron chi connectivity index (χ0n) is 31.4. The fraction of sp³-hybridized carbons (Fsp3) is 0.452. The van der Waals surface area contributed by atoms with Crippen LogP contribution >= 0.6 is 21.6 Å². The molecule has 1 saturated carbocycles. The van der Waals surface area contributed by atoms with Crippen molar-refractivity contribution in [2.45, 2.75) is 86.4 Å². The third-order valence-corrected chi connectivity index (χ3v) is 15.9. The standard InChI is InChI=1S/C42H44N4O8S2/c1-4-21(10-12-47)40(51)54-41(2)11-9-23-20-55-56-32-15-27-29(48)7-6-28-36(38(27)44-3)39(32)46(28)34(49)14-25-19-45-33(43)16-26(25)37(23)42(41)18-24-13-22-5-8-35(50)52-30(22)17-31(24)53-42/h4-9,13,16-17,19,27-28,32,36-39,44,47H,10-12,14-15,18,20H2,1-3H3,(H2,43,45). The Labute approximate surface area is 331 Å². The zero-order valence-corrected chi connectivity index (χ0v) is 33.0. The minimum atomic E-state index is -1.27. The topological polar surface area (TPSA) is 174 Å². The van der Waals surface area contributed by atoms with Crippen LogP contribution in [0.4, 0.5) is 5.82 Å². The van der Waals surface area contributed by atoms with Gasteiger partial charge in [-0.2, -0.15) is 0 Å². The van der Waals surface area contributed by atoms with Gasteiger partial charge in [-0.1, -0.05) is 45.4 Å². The van der Waals surface area contributed by atoms with Gasteiger partial charge >= 0.3 is 11.6 Å². The molecular weight excluding hydrogens is 753 g/mol. The number of nitrogens with one attached hydrogen (secondary N) is 1. The lowest BCUT2D eigenvalue weighted by molar-refractivity contribution is -0.183. The van der Waals surface area contributed by atoms with Crippen molar-refractivity contribution in [1.29, 1.82) is 0 Å². The van der Waals surface area contributed by atoms with E-state index in [0.717, 1.165) is 22.1 Å². The summed E-state index contributed by atoms with van der Waals surface area (Å²) in [6.45, 7) is 3.41. The Bertz CT molecular complexity index is 2320. The number of nitrogen functional groups attached to an aromatic ring is 1. The number of aliphatic hydroxyl groups is 1. The lowest BCUT2D eigenvalue weighted by Crippen LogP contribution is -2.76. The molecule has 9 unspecified atom stereocenters. The van der Waals surface area contributed by atoms with Crippen molar-refractivity contribution in [2.75, 3.05) is 25.1 Å². The third-order valence-electron chi connectivity index (χ3n) is 13.0. The van der Waals surface area contributed by atoms with Gasteiger partial charge in [-0.15, -0.1) is 0 Å². The first-order chi connectivity index (χ1) is 27.0. The Morgan fingerprint density at radius 2 is 2.05 bits per heavy atom. The molecule has 2 bridgehead atoms. The van der Waals surface area contributed by atoms with Gasteiger partial charge in [-0.3, -0.25) is 9.59 Å². The van der Waals surface area contributed by atoms with E-state index in [1.807, 2.05) is 37.1 Å². The van der Waals surface area contributed by atoms with Gasteiger partial charge < -0.3 is 34.9 Å². The molecule has 1 aromatic carbocycles. The number of aliphatic hydroxyl groups excluding tert-OH is 1. The minimum absolute atomic E-state index is 0.0167. The van der Waals surface area contributed by atoms with Gasteiger partial charge in [0.25, 0.3) is 0 Å². The molecule has 5 heterocycles. The molecule has 2 aromatic heterocycles. The number of hydrogen-bond donors (Lipinski definition) is 3. The van der Waals surface area contributed by atoms with Crippen molar-refractivity contribution < 1.29 is 33.4 Å². The average Bonchev–Trinajstić information content (AvgIpc) is 3.53. The van der Waals surface area contributed by atoms with E-state index in [2.05, 4.69) is 16.4 Å². The number of hydrogen-bond acceptors (Lipinski definition) is 13. The molecule has 1 saturated heterocycles. The van der Waals surface area contributed by atoms with Crippen LogP contribution in [-0.4, -0.2) is 86.6 Å². The monoisotopic (exact) mass is 796 g/mol. The number of esters is 1. The summed E-state index contributed by atoms with van der Waals surface area (Å²) in [6, 6.07) is 8.34. The largest absolute Gasteiger partial charge is 0.481 e. The number of nitrogens with zero attached hydrogens (tertiary/aromatic N) is 2. The van der Waals surface area contributed by atoms with Gasteiger partial charge in [0, 0.05) is 84.0 Å². The summed E-state index contributed by atoms with van der Waals surface area (Å²) in [7, 11) is 5.36. The molecule has 0 radical (unpaired) electrons. The molecule has 3 aliphatic carbocycles. The van der Waals surface area contributed by atoms with Crippen molar-refractivity contribution >= 4 is 56.0 Å². The van der Waals surface area contributed by atoms with Crippen molar-refractivity contribution in [3.8, 4) is 5.75 Å². The average molecular weight is 797 g/mol. The molecule has 9 atom stereocenters. The number of carbonyl (C=O) groups is 3. The number of anilines is 1. The summed E-state index contributed by atoms with van der Waals surface area (Å²) in [4.78, 5) is 60.9. The van der Waals surface area contributed by atoms with Crippen LogP contribution in [0.3, 0.4) is 0 Å². The minimum Gasteiger partial charge on any atom is -0.481 e. The summed E-state index contributed by atoms with van der Waals surface area (Å²) in [6.07, 6.45) is 10.5. The molecule has 12 nitrogen and oxygen atoms in total. The number of pyridine rings is 1. The van der Waals surface area contributed by atoms with Gasteiger partial charge in [-0.05, 0) is 68.3 Å². The number of nitrogens with two attached hydrogens (primary N) is 1. The predicted octanol–water partition coefficient (Wildman–Crippen LogP) is 4.44. The quantitative estimate of drug-likeness (QED) is 0.109. The van der Waals surface area contributed by atoms with E-state index in [9.17, 15) is 24.3 Å². The molecule has 1 spiro atoms. The Balaban J connectivity index is 1.20. The number of amides is 1. The van der Waals surface area contributed by atoms with Gasteiger partial charge in [-0.25, -0.2) is 14.6 Å². The molecule has 14 heteroatoms. The maximum Gasteiger partial charge on any atom is 0.336 e. The van der Waals surface area contributed by atoms with Crippen LogP contribution in [0.15, 0.2) is 81.2 Å². The first-order valence-corrected chi connectivity index (χ1v) is 21.5. The number of carbonyl (C=O) groups excluding carboxylic acids is 3. The number of aromatic nitrogens is 1. The third kappa shape index (κ3) is 5.69. The fourth-order valence-electron chi connectivity index (χ4n) is 10.4. The zero-order chi connectivity index (χ0) is 39.1. The number of allylic oxidation sites excluding steroid dienone is 2. The Hall–Kier alpha value is -4.37. The van der Waals surface area contributed by atoms with E-state index in [1.165, 1.54) is 6.07 Å². The van der Waals surface area contributed by atoms with Gasteiger partial charge in [0.05, 0.1) is 24.4 Å². The van der Waals surface area contributed by atoms with Crippen LogP contribution in [0.2, 0.25) is 0 Å². The van der Waals surface area contributed by atoms with Crippen LogP contribution in [0, 0.1) is 11.8 Å². The highest BCUT2D eigenvalue weighted by Crippen LogP contribution is 2.60. The maximum absolute atomic E-state index is 14.7. The van der Waals surface area contributed by atoms with E-state index in [-0.39, 0.29) is 72.2 Å². The highest BCUT2D eigenvalue weighted by Gasteiger charge is 2.65. The van der Waals surface area contributed by atoms with Gasteiger partial charge in [0.1, 0.15) is 17.2 Å². The summed E-state index contributed by atoms with van der Waals surface area (Å²) >= 11 is 0. The SMILES string of the molecule is CC=C(CCO)C(=O)OC1(C)CC=C2CSSC3CC4C(=O)C=CC5C(C4NC)C3N5C(=O)Cc3cnc(N)cc3C2C12Cc1cc3ccc(=O)oc3cc1O2. The maximum atomic E-state index is 14.7. The highest BCUT2D eigenvalue weighted by molar-refractivity contribution is 8.77. The molecule has 3 aromatic rings. The Morgan fingerprint density at radius 1 is 1.21 bits per heavy atom. The summed E-state index contributed by atoms with van der Waals surface area (Å²) < 4.78 is 19.4. The van der Waals surface area contributed by atoms with E-state index in [0.29, 0.717) is 47.5 Å². The fourth-order valence-corrected chi connectivity index (χ4v) is 13.5. The molecule has 6 aliphatic rings. The molecule has 292 valence electrons. The molecule has 56 heavy (non-hydrogen) atoms. The van der Waals surface area contributed by atoms with E-state index >= 15 is 0 Å². The van der Waals surface area contributed by atoms with Crippen LogP contribution in [0.1, 0.15) is 55.7 Å². The molecule has 9 rings (SSSR count). The predicted molar refractivity (Wildman–Crippen MR) is 214 cm³/mol. The Morgan fingerprint density at radius 3 is 2.84 bits per heavy atom. The van der Waals surface area contributed by atoms with Crippen LogP contribution in [0.25, 0.3) is 11.0 Å². The van der Waals surface area contributed by atoms with Crippen LogP contribution < -0.4 is 21.4 Å². The van der Waals surface area contributed by atoms with E-state index in [1.54, 1.807) is 59.0 Å². The van der Waals surface area contributed by atoms with Crippen molar-refractivity contribution in [3.05, 3.63) is 99.1 Å². The van der Waals surface area contributed by atoms with E-state index < -0.39 is 28.7 Å². The molecule has 4 N–H and O–H groups in total. The molecular formula is C42H44N4O8S2. The van der Waals surface area contributed by atoms with Crippen molar-refractivity contribution in [3.63, 3.8) is 0 Å². The number of benzene rings is 1. The normalized spacial score (nSPS) is 33.2. The summed E-state index contributed by atoms with van der Waals surface area (Å²) in [5, 5.41) is 14.0. The smallest absolute Gasteiger partial charge is 0.336 e. The lowest BCUT2D eigenvalue weighted by atomic mass is 9.61. The first-order valence-electron chi connectivity index (χ1n) is 19.2. The lowest BCUT2D eigenvalue weighted by Gasteiger charge is -2.62. The summed E-state index contributed by atoms with van der Waals surface area (Å²) in [5.74, 6) is 0.238. The van der Waals surface area contributed by atoms with Crippen molar-refractivity contribution in [1.82, 2.24) is 15.2 Å². The number of ether oxygens (including phenoxy) is 2. The van der Waals surface area contributed by atoms with E-state index in [4.69, 9.17) is 19.6 Å².